The third kappa shape index (κ3) is 2.57. The molecule has 80 valence electrons. The molecular weight excluding hydrogens is 202 g/mol. The molecule has 4 heteroatoms. The summed E-state index contributed by atoms with van der Waals surface area (Å²) < 4.78 is 0. The predicted molar refractivity (Wildman–Crippen MR) is 62.2 cm³/mol. The van der Waals surface area contributed by atoms with Gasteiger partial charge in [0, 0.05) is 0 Å². The Morgan fingerprint density at radius 1 is 0.875 bits per heavy atom. The highest BCUT2D eigenvalue weighted by Gasteiger charge is 1.96. The van der Waals surface area contributed by atoms with E-state index < -0.39 is 0 Å². The summed E-state index contributed by atoms with van der Waals surface area (Å²) in [5, 5.41) is 15.2. The second-order valence-electron chi connectivity index (χ2n) is 3.19. The van der Waals surface area contributed by atoms with Gasteiger partial charge in [0.2, 0.25) is 0 Å². The molecule has 2 rings (SSSR count). The lowest BCUT2D eigenvalue weighted by atomic mass is 10.3. The van der Waals surface area contributed by atoms with Gasteiger partial charge in [-0.15, -0.1) is 10.3 Å². The summed E-state index contributed by atoms with van der Waals surface area (Å²) in [7, 11) is 0. The standard InChI is InChI=1S/C12H11N3O/c16-15(12-9-5-2-6-10-12)14-13-11-7-3-1-4-8-11/h1-10,13H/b15-14-. The Hall–Kier alpha value is -2.36. The number of para-hydroxylation sites is 2. The van der Waals surface area contributed by atoms with Crippen LogP contribution in [0.1, 0.15) is 0 Å². The zero-order valence-corrected chi connectivity index (χ0v) is 8.58. The van der Waals surface area contributed by atoms with Crippen molar-refractivity contribution >= 4 is 11.4 Å². The van der Waals surface area contributed by atoms with Crippen molar-refractivity contribution in [3.05, 3.63) is 65.9 Å². The second kappa shape index (κ2) is 4.93. The van der Waals surface area contributed by atoms with E-state index in [1.807, 2.05) is 36.4 Å². The van der Waals surface area contributed by atoms with Crippen LogP contribution in [0.3, 0.4) is 0 Å². The summed E-state index contributed by atoms with van der Waals surface area (Å²) in [6.45, 7) is 0. The molecule has 0 saturated carbocycles. The van der Waals surface area contributed by atoms with Crippen molar-refractivity contribution in [2.24, 2.45) is 5.22 Å². The quantitative estimate of drug-likeness (QED) is 0.483. The molecule has 0 fully saturated rings. The molecule has 0 aliphatic heterocycles. The van der Waals surface area contributed by atoms with E-state index in [0.717, 1.165) is 5.69 Å². The van der Waals surface area contributed by atoms with E-state index >= 15 is 0 Å². The van der Waals surface area contributed by atoms with Crippen LogP contribution in [0.2, 0.25) is 0 Å². The molecule has 0 spiro atoms. The van der Waals surface area contributed by atoms with Gasteiger partial charge in [0.25, 0.3) is 0 Å². The maximum absolute atomic E-state index is 11.5. The minimum Gasteiger partial charge on any atom is -0.691 e. The van der Waals surface area contributed by atoms with Crippen LogP contribution in [0.25, 0.3) is 0 Å². The van der Waals surface area contributed by atoms with E-state index in [0.29, 0.717) is 10.5 Å². The number of hydrogen-bond acceptors (Lipinski definition) is 2. The van der Waals surface area contributed by atoms with E-state index in [-0.39, 0.29) is 0 Å². The lowest BCUT2D eigenvalue weighted by Gasteiger charge is -2.04. The molecule has 0 amide bonds. The van der Waals surface area contributed by atoms with Crippen molar-refractivity contribution < 1.29 is 4.86 Å². The first-order valence-corrected chi connectivity index (χ1v) is 4.90. The van der Waals surface area contributed by atoms with Gasteiger partial charge >= 0.3 is 0 Å². The Labute approximate surface area is 93.4 Å². The Bertz CT molecular complexity index is 468. The third-order valence-electron chi connectivity index (χ3n) is 2.02. The molecule has 16 heavy (non-hydrogen) atoms. The summed E-state index contributed by atoms with van der Waals surface area (Å²) >= 11 is 0. The molecule has 2 aromatic carbocycles. The van der Waals surface area contributed by atoms with Crippen molar-refractivity contribution in [2.75, 3.05) is 5.43 Å². The van der Waals surface area contributed by atoms with E-state index in [4.69, 9.17) is 0 Å². The number of rotatable bonds is 3. The minimum absolute atomic E-state index is 0.492. The van der Waals surface area contributed by atoms with E-state index in [1.54, 1.807) is 24.3 Å². The van der Waals surface area contributed by atoms with Crippen LogP contribution in [0.15, 0.2) is 65.9 Å². The normalized spacial score (nSPS) is 11.1. The van der Waals surface area contributed by atoms with Crippen LogP contribution in [0, 0.1) is 5.21 Å². The fourth-order valence-corrected chi connectivity index (χ4v) is 1.23. The van der Waals surface area contributed by atoms with Gasteiger partial charge in [-0.05, 0) is 24.3 Å². The van der Waals surface area contributed by atoms with Crippen molar-refractivity contribution in [1.29, 1.82) is 0 Å². The van der Waals surface area contributed by atoms with Crippen LogP contribution in [0.4, 0.5) is 11.4 Å². The number of benzene rings is 2. The Morgan fingerprint density at radius 3 is 2.06 bits per heavy atom. The van der Waals surface area contributed by atoms with Crippen LogP contribution >= 0.6 is 0 Å². The monoisotopic (exact) mass is 213 g/mol. The highest BCUT2D eigenvalue weighted by Crippen LogP contribution is 2.10. The molecule has 0 aromatic heterocycles. The van der Waals surface area contributed by atoms with Gasteiger partial charge in [0.1, 0.15) is 5.69 Å². The van der Waals surface area contributed by atoms with Gasteiger partial charge in [-0.1, -0.05) is 36.4 Å². The molecule has 0 atom stereocenters. The number of nitrogens with zero attached hydrogens (tertiary/aromatic N) is 2. The maximum atomic E-state index is 11.5. The minimum atomic E-state index is 0.492. The fourth-order valence-electron chi connectivity index (χ4n) is 1.23. The molecule has 0 heterocycles. The first kappa shape index (κ1) is 10.2. The summed E-state index contributed by atoms with van der Waals surface area (Å²) in [5.41, 5.74) is 3.95. The Balaban J connectivity index is 2.09. The summed E-state index contributed by atoms with van der Waals surface area (Å²) in [5.74, 6) is 0. The van der Waals surface area contributed by atoms with Gasteiger partial charge in [-0.3, -0.25) is 0 Å². The molecule has 4 nitrogen and oxygen atoms in total. The fraction of sp³-hybridized carbons (Fsp3) is 0. The Morgan fingerprint density at radius 2 is 1.44 bits per heavy atom. The number of nitrogens with one attached hydrogen (secondary N) is 1. The van der Waals surface area contributed by atoms with Crippen molar-refractivity contribution in [1.82, 2.24) is 0 Å². The van der Waals surface area contributed by atoms with Gasteiger partial charge < -0.3 is 5.21 Å². The molecule has 0 saturated heterocycles. The first-order chi connectivity index (χ1) is 7.86. The lowest BCUT2D eigenvalue weighted by molar-refractivity contribution is -0.439. The average Bonchev–Trinajstić information content (AvgIpc) is 2.38. The molecule has 0 unspecified atom stereocenters. The zero-order chi connectivity index (χ0) is 11.2. The van der Waals surface area contributed by atoms with Crippen LogP contribution in [-0.2, 0) is 0 Å². The average molecular weight is 213 g/mol. The van der Waals surface area contributed by atoms with E-state index in [9.17, 15) is 5.21 Å². The predicted octanol–water partition coefficient (Wildman–Crippen LogP) is 3.31. The summed E-state index contributed by atoms with van der Waals surface area (Å²) in [4.78, 5) is 0.549. The lowest BCUT2D eigenvalue weighted by Crippen LogP contribution is -1.97. The summed E-state index contributed by atoms with van der Waals surface area (Å²) in [6, 6.07) is 18.1. The second-order valence-corrected chi connectivity index (χ2v) is 3.19. The van der Waals surface area contributed by atoms with Crippen LogP contribution in [-0.4, -0.2) is 4.86 Å². The maximum Gasteiger partial charge on any atom is 0.154 e. The highest BCUT2D eigenvalue weighted by molar-refractivity contribution is 5.41. The Kier molecular flexibility index (Phi) is 3.13. The van der Waals surface area contributed by atoms with Gasteiger partial charge in [-0.25, -0.2) is 0 Å². The zero-order valence-electron chi connectivity index (χ0n) is 8.58. The first-order valence-electron chi connectivity index (χ1n) is 4.90. The van der Waals surface area contributed by atoms with Crippen molar-refractivity contribution in [2.45, 2.75) is 0 Å². The smallest absolute Gasteiger partial charge is 0.154 e. The van der Waals surface area contributed by atoms with E-state index in [1.165, 1.54) is 0 Å². The molecular formula is C12H11N3O. The van der Waals surface area contributed by atoms with Crippen LogP contribution in [0.5, 0.6) is 0 Å². The highest BCUT2D eigenvalue weighted by atomic mass is 16.5. The molecule has 0 radical (unpaired) electrons. The van der Waals surface area contributed by atoms with E-state index in [2.05, 4.69) is 10.6 Å². The molecule has 1 N–H and O–H groups in total. The third-order valence-corrected chi connectivity index (χ3v) is 2.02. The van der Waals surface area contributed by atoms with Gasteiger partial charge in [-0.2, -0.15) is 0 Å². The van der Waals surface area contributed by atoms with Crippen molar-refractivity contribution in [3.8, 4) is 0 Å². The topological polar surface area (TPSA) is 50.5 Å². The SMILES string of the molecule is [O-]/[N+](=N\Nc1ccccc1)c1ccccc1. The molecule has 0 bridgehead atoms. The number of anilines is 1. The van der Waals surface area contributed by atoms with Gasteiger partial charge in [0.15, 0.2) is 5.69 Å². The van der Waals surface area contributed by atoms with Crippen LogP contribution < -0.4 is 5.43 Å². The summed E-state index contributed by atoms with van der Waals surface area (Å²) in [6.07, 6.45) is 0. The van der Waals surface area contributed by atoms with Crippen molar-refractivity contribution in [3.63, 3.8) is 0 Å². The van der Waals surface area contributed by atoms with Gasteiger partial charge in [0.05, 0.1) is 5.22 Å². The molecule has 2 aromatic rings. The number of hydrogen-bond donors (Lipinski definition) is 1. The largest absolute Gasteiger partial charge is 0.691 e. The molecule has 0 aliphatic rings. The molecule has 0 aliphatic carbocycles.